The number of carbonyl (C=O) groups excluding carboxylic acids is 2. The molecule has 1 N–H and O–H groups in total. The van der Waals surface area contributed by atoms with Gasteiger partial charge >= 0.3 is 0 Å². The molecule has 0 unspecified atom stereocenters. The number of halogens is 1. The van der Waals surface area contributed by atoms with Crippen LogP contribution in [0.1, 0.15) is 71.3 Å². The molecule has 2 amide bonds. The minimum atomic E-state index is -0.585. The summed E-state index contributed by atoms with van der Waals surface area (Å²) in [5.74, 6) is 0.420. The van der Waals surface area contributed by atoms with E-state index in [-0.39, 0.29) is 28.5 Å². The Labute approximate surface area is 184 Å². The second-order valence-corrected chi connectivity index (χ2v) is 11.2. The maximum Gasteiger partial charge on any atom is 0.222 e. The van der Waals surface area contributed by atoms with Gasteiger partial charge in [-0.2, -0.15) is 0 Å². The van der Waals surface area contributed by atoms with Crippen LogP contribution in [0.5, 0.6) is 5.75 Å². The van der Waals surface area contributed by atoms with E-state index in [2.05, 4.69) is 31.0 Å². The van der Waals surface area contributed by atoms with E-state index in [0.717, 1.165) is 25.8 Å². The Morgan fingerprint density at radius 2 is 2.06 bits per heavy atom. The Balaban J connectivity index is 1.47. The fourth-order valence-electron chi connectivity index (χ4n) is 6.60. The molecule has 3 fully saturated rings. The quantitative estimate of drug-likeness (QED) is 0.735. The van der Waals surface area contributed by atoms with Gasteiger partial charge in [-0.25, -0.2) is 4.39 Å². The molecule has 0 radical (unpaired) electrons. The highest BCUT2D eigenvalue weighted by molar-refractivity contribution is 5.80. The monoisotopic (exact) mass is 430 g/mol. The average molecular weight is 431 g/mol. The zero-order chi connectivity index (χ0) is 22.4. The van der Waals surface area contributed by atoms with Gasteiger partial charge in [-0.15, -0.1) is 0 Å². The summed E-state index contributed by atoms with van der Waals surface area (Å²) in [6.07, 6.45) is 5.57. The molecule has 1 aromatic carbocycles. The predicted molar refractivity (Wildman–Crippen MR) is 117 cm³/mol. The topological polar surface area (TPSA) is 58.6 Å². The highest BCUT2D eigenvalue weighted by atomic mass is 19.1. The van der Waals surface area contributed by atoms with Crippen molar-refractivity contribution in [1.29, 1.82) is 0 Å². The molecular weight excluding hydrogens is 395 g/mol. The first-order valence-corrected chi connectivity index (χ1v) is 11.5. The number of rotatable bonds is 6. The second-order valence-electron chi connectivity index (χ2n) is 11.2. The van der Waals surface area contributed by atoms with Gasteiger partial charge in [0.25, 0.3) is 0 Å². The van der Waals surface area contributed by atoms with Crippen LogP contribution < -0.4 is 10.1 Å². The first kappa shape index (κ1) is 22.1. The number of ether oxygens (including phenoxy) is 1. The Morgan fingerprint density at radius 3 is 2.74 bits per heavy atom. The third-order valence-electron chi connectivity index (χ3n) is 7.57. The number of benzene rings is 1. The van der Waals surface area contributed by atoms with E-state index in [1.807, 2.05) is 0 Å². The summed E-state index contributed by atoms with van der Waals surface area (Å²) in [4.78, 5) is 27.4. The summed E-state index contributed by atoms with van der Waals surface area (Å²) in [5.41, 5.74) is 0.389. The fraction of sp³-hybridized carbons (Fsp3) is 0.680. The van der Waals surface area contributed by atoms with Gasteiger partial charge in [0.05, 0.1) is 7.11 Å². The minimum absolute atomic E-state index is 0.0259. The van der Waals surface area contributed by atoms with Gasteiger partial charge in [0.1, 0.15) is 11.6 Å². The molecule has 31 heavy (non-hydrogen) atoms. The molecule has 2 saturated heterocycles. The number of carbonyl (C=O) groups is 2. The van der Waals surface area contributed by atoms with E-state index in [4.69, 9.17) is 4.74 Å². The zero-order valence-corrected chi connectivity index (χ0v) is 19.2. The van der Waals surface area contributed by atoms with E-state index in [1.54, 1.807) is 19.2 Å². The summed E-state index contributed by atoms with van der Waals surface area (Å²) in [7, 11) is 1.55. The molecular formula is C25H35FN2O3. The Bertz CT molecular complexity index is 886. The minimum Gasteiger partial charge on any atom is -0.497 e. The first-order chi connectivity index (χ1) is 14.5. The maximum absolute atomic E-state index is 14.5. The number of amides is 2. The molecule has 2 aliphatic heterocycles. The first-order valence-electron chi connectivity index (χ1n) is 11.5. The second kappa shape index (κ2) is 7.79. The third kappa shape index (κ3) is 4.58. The van der Waals surface area contributed by atoms with Gasteiger partial charge in [0, 0.05) is 31.0 Å². The van der Waals surface area contributed by atoms with Gasteiger partial charge in [-0.05, 0) is 73.1 Å². The molecule has 0 aromatic heterocycles. The molecule has 2 bridgehead atoms. The van der Waals surface area contributed by atoms with Gasteiger partial charge in [0.15, 0.2) is 0 Å². The lowest BCUT2D eigenvalue weighted by Gasteiger charge is -2.39. The van der Waals surface area contributed by atoms with Gasteiger partial charge in [0.2, 0.25) is 11.8 Å². The van der Waals surface area contributed by atoms with Crippen molar-refractivity contribution in [3.05, 3.63) is 29.6 Å². The Hall–Kier alpha value is -2.11. The SMILES string of the molecule is COc1ccc(F)c(C[C@]2(CCC(=O)N3C[C@]4(C)C[C@@H]3CC(C)(C)C4)CCC(=O)N2)c1. The lowest BCUT2D eigenvalue weighted by atomic mass is 9.65. The molecule has 1 aliphatic carbocycles. The molecule has 2 heterocycles. The summed E-state index contributed by atoms with van der Waals surface area (Å²) in [5, 5.41) is 3.08. The lowest BCUT2D eigenvalue weighted by molar-refractivity contribution is -0.133. The van der Waals surface area contributed by atoms with Gasteiger partial charge < -0.3 is 15.0 Å². The zero-order valence-electron chi connectivity index (χ0n) is 19.2. The summed E-state index contributed by atoms with van der Waals surface area (Å²) in [6, 6.07) is 4.99. The Kier molecular flexibility index (Phi) is 5.55. The molecule has 0 spiro atoms. The van der Waals surface area contributed by atoms with Crippen LogP contribution in [0.2, 0.25) is 0 Å². The van der Waals surface area contributed by atoms with Crippen LogP contribution in [0.4, 0.5) is 4.39 Å². The largest absolute Gasteiger partial charge is 0.497 e. The maximum atomic E-state index is 14.5. The summed E-state index contributed by atoms with van der Waals surface area (Å²) >= 11 is 0. The van der Waals surface area contributed by atoms with Crippen molar-refractivity contribution in [2.24, 2.45) is 10.8 Å². The number of nitrogens with zero attached hydrogens (tertiary/aromatic N) is 1. The van der Waals surface area contributed by atoms with Crippen molar-refractivity contribution in [2.45, 2.75) is 83.7 Å². The fourth-order valence-corrected chi connectivity index (χ4v) is 6.60. The van der Waals surface area contributed by atoms with Crippen LogP contribution in [0.25, 0.3) is 0 Å². The number of fused-ring (bicyclic) bond motifs is 2. The van der Waals surface area contributed by atoms with Crippen molar-refractivity contribution >= 4 is 11.8 Å². The normalized spacial score (nSPS) is 31.6. The van der Waals surface area contributed by atoms with E-state index < -0.39 is 5.54 Å². The third-order valence-corrected chi connectivity index (χ3v) is 7.57. The molecule has 4 rings (SSSR count). The smallest absolute Gasteiger partial charge is 0.222 e. The van der Waals surface area contributed by atoms with E-state index >= 15 is 0 Å². The highest BCUT2D eigenvalue weighted by Gasteiger charge is 2.51. The summed E-state index contributed by atoms with van der Waals surface area (Å²) < 4.78 is 19.7. The molecule has 1 aromatic rings. The summed E-state index contributed by atoms with van der Waals surface area (Å²) in [6.45, 7) is 7.73. The van der Waals surface area contributed by atoms with Crippen LogP contribution >= 0.6 is 0 Å². The number of nitrogens with one attached hydrogen (secondary N) is 1. The number of likely N-dealkylation sites (tertiary alicyclic amines) is 1. The van der Waals surface area contributed by atoms with Crippen LogP contribution in [-0.4, -0.2) is 41.9 Å². The van der Waals surface area contributed by atoms with Gasteiger partial charge in [-0.3, -0.25) is 9.59 Å². The number of methoxy groups -OCH3 is 1. The molecule has 170 valence electrons. The molecule has 1 saturated carbocycles. The van der Waals surface area contributed by atoms with Crippen LogP contribution in [0.15, 0.2) is 18.2 Å². The van der Waals surface area contributed by atoms with Crippen molar-refractivity contribution in [2.75, 3.05) is 13.7 Å². The van der Waals surface area contributed by atoms with E-state index in [9.17, 15) is 14.0 Å². The number of hydrogen-bond acceptors (Lipinski definition) is 3. The standard InChI is InChI=1S/C25H35FN2O3/c1-23(2)13-18-14-24(3,15-23)16-28(18)22(30)8-10-25(9-7-21(29)27-25)12-17-11-19(31-4)5-6-20(17)26/h5-6,11,18H,7-10,12-16H2,1-4H3,(H,27,29)/t18-,24+,25+/m0/s1. The average Bonchev–Trinajstić information content (AvgIpc) is 3.17. The highest BCUT2D eigenvalue weighted by Crippen LogP contribution is 2.52. The Morgan fingerprint density at radius 1 is 1.29 bits per heavy atom. The van der Waals surface area contributed by atoms with Crippen LogP contribution in [-0.2, 0) is 16.0 Å². The van der Waals surface area contributed by atoms with Gasteiger partial charge in [-0.1, -0.05) is 20.8 Å². The van der Waals surface area contributed by atoms with Crippen molar-refractivity contribution < 1.29 is 18.7 Å². The van der Waals surface area contributed by atoms with Crippen molar-refractivity contribution in [1.82, 2.24) is 10.2 Å². The van der Waals surface area contributed by atoms with E-state index in [1.165, 1.54) is 6.07 Å². The number of hydrogen-bond donors (Lipinski definition) is 1. The lowest BCUT2D eigenvalue weighted by Crippen LogP contribution is -2.45. The molecule has 6 heteroatoms. The molecule has 3 aliphatic rings. The predicted octanol–water partition coefficient (Wildman–Crippen LogP) is 4.23. The van der Waals surface area contributed by atoms with Crippen molar-refractivity contribution in [3.8, 4) is 5.75 Å². The molecule has 5 nitrogen and oxygen atoms in total. The van der Waals surface area contributed by atoms with E-state index in [0.29, 0.717) is 49.5 Å². The van der Waals surface area contributed by atoms with Crippen LogP contribution in [0.3, 0.4) is 0 Å². The van der Waals surface area contributed by atoms with Crippen LogP contribution in [0, 0.1) is 16.6 Å². The van der Waals surface area contributed by atoms with Crippen molar-refractivity contribution in [3.63, 3.8) is 0 Å². The molecule has 3 atom stereocenters.